The molecule has 2 nitrogen and oxygen atoms in total. The Kier molecular flexibility index (Phi) is 6.44. The van der Waals surface area contributed by atoms with Crippen LogP contribution in [0.5, 0.6) is 0 Å². The van der Waals surface area contributed by atoms with E-state index in [-0.39, 0.29) is 6.10 Å². The highest BCUT2D eigenvalue weighted by molar-refractivity contribution is 5.39. The minimum absolute atomic E-state index is 0.0646. The first-order valence-electron chi connectivity index (χ1n) is 13.0. The van der Waals surface area contributed by atoms with Gasteiger partial charge in [0.25, 0.3) is 0 Å². The number of rotatable bonds is 7. The lowest BCUT2D eigenvalue weighted by atomic mass is 9.47. The average molecular weight is 414 g/mol. The number of carbonyl (C=O) groups excluding carboxylic acids is 1. The third-order valence-electron chi connectivity index (χ3n) is 10.5. The minimum Gasteiger partial charge on any atom is -0.454 e. The van der Waals surface area contributed by atoms with Gasteiger partial charge in [-0.05, 0) is 91.3 Å². The van der Waals surface area contributed by atoms with Crippen molar-refractivity contribution in [3.05, 3.63) is 11.6 Å². The van der Waals surface area contributed by atoms with Crippen molar-refractivity contribution in [2.45, 2.75) is 111 Å². The lowest BCUT2D eigenvalue weighted by Crippen LogP contribution is -2.51. The molecule has 4 rings (SSSR count). The van der Waals surface area contributed by atoms with Crippen molar-refractivity contribution in [3.63, 3.8) is 0 Å². The van der Waals surface area contributed by atoms with Gasteiger partial charge in [0, 0.05) is 6.42 Å². The summed E-state index contributed by atoms with van der Waals surface area (Å²) < 4.78 is 5.24. The molecule has 1 radical (unpaired) electrons. The van der Waals surface area contributed by atoms with E-state index in [1.54, 1.807) is 12.0 Å². The lowest BCUT2D eigenvalue weighted by molar-refractivity contribution is -0.0565. The summed E-state index contributed by atoms with van der Waals surface area (Å²) in [5, 5.41) is 0. The van der Waals surface area contributed by atoms with Crippen LogP contribution in [0.2, 0.25) is 0 Å². The predicted octanol–water partition coefficient (Wildman–Crippen LogP) is 7.48. The quantitative estimate of drug-likeness (QED) is 0.404. The SMILES string of the molecule is CC(C)CCC[C@@H](C)[C@H]1CC[C@H]2[C@@H]3CC=C4C[C@@H](O[C]=O)CC[C@]4(C)[C@H]3CC[C@]12C. The molecule has 169 valence electrons. The zero-order valence-corrected chi connectivity index (χ0v) is 20.2. The Balaban J connectivity index is 1.47. The van der Waals surface area contributed by atoms with Crippen LogP contribution in [0.4, 0.5) is 0 Å². The van der Waals surface area contributed by atoms with Crippen LogP contribution < -0.4 is 0 Å². The smallest absolute Gasteiger partial charge is 0.417 e. The summed E-state index contributed by atoms with van der Waals surface area (Å²) in [6.07, 6.45) is 17.1. The lowest BCUT2D eigenvalue weighted by Gasteiger charge is -2.58. The molecule has 3 saturated carbocycles. The first-order valence-corrected chi connectivity index (χ1v) is 13.0. The Labute approximate surface area is 185 Å². The van der Waals surface area contributed by atoms with E-state index in [9.17, 15) is 4.79 Å². The van der Waals surface area contributed by atoms with Crippen LogP contribution in [-0.4, -0.2) is 12.6 Å². The van der Waals surface area contributed by atoms with Crippen molar-refractivity contribution >= 4 is 6.47 Å². The van der Waals surface area contributed by atoms with Crippen LogP contribution >= 0.6 is 0 Å². The summed E-state index contributed by atoms with van der Waals surface area (Å²) in [5.74, 6) is 5.29. The van der Waals surface area contributed by atoms with E-state index in [0.29, 0.717) is 10.8 Å². The van der Waals surface area contributed by atoms with Crippen molar-refractivity contribution in [1.29, 1.82) is 0 Å². The molecule has 0 saturated heterocycles. The highest BCUT2D eigenvalue weighted by Crippen LogP contribution is 2.67. The van der Waals surface area contributed by atoms with Gasteiger partial charge in [-0.3, -0.25) is 0 Å². The molecule has 4 aliphatic carbocycles. The van der Waals surface area contributed by atoms with Crippen molar-refractivity contribution in [2.75, 3.05) is 0 Å². The third kappa shape index (κ3) is 3.79. The molecule has 0 heterocycles. The van der Waals surface area contributed by atoms with Crippen LogP contribution in [0.3, 0.4) is 0 Å². The Bertz CT molecular complexity index is 651. The number of hydrogen-bond donors (Lipinski definition) is 0. The molecule has 4 aliphatic rings. The molecule has 0 unspecified atom stereocenters. The molecule has 0 aliphatic heterocycles. The van der Waals surface area contributed by atoms with Gasteiger partial charge in [0.05, 0.1) is 0 Å². The number of hydrogen-bond acceptors (Lipinski definition) is 2. The van der Waals surface area contributed by atoms with E-state index in [0.717, 1.165) is 48.3 Å². The van der Waals surface area contributed by atoms with Crippen molar-refractivity contribution in [1.82, 2.24) is 0 Å². The number of ether oxygens (including phenoxy) is 1. The van der Waals surface area contributed by atoms with Gasteiger partial charge in [0.15, 0.2) is 0 Å². The van der Waals surface area contributed by atoms with Crippen LogP contribution in [-0.2, 0) is 9.53 Å². The summed E-state index contributed by atoms with van der Waals surface area (Å²) >= 11 is 0. The monoisotopic (exact) mass is 413 g/mol. The first-order chi connectivity index (χ1) is 14.3. The molecule has 0 N–H and O–H groups in total. The maximum atomic E-state index is 10.7. The van der Waals surface area contributed by atoms with Gasteiger partial charge in [0.1, 0.15) is 6.10 Å². The zero-order chi connectivity index (χ0) is 21.5. The molecule has 0 aromatic rings. The molecular weight excluding hydrogens is 368 g/mol. The van der Waals surface area contributed by atoms with Gasteiger partial charge in [-0.1, -0.05) is 65.5 Å². The Hall–Kier alpha value is -0.790. The van der Waals surface area contributed by atoms with Crippen LogP contribution in [0.15, 0.2) is 11.6 Å². The van der Waals surface area contributed by atoms with Crippen LogP contribution in [0, 0.1) is 46.3 Å². The van der Waals surface area contributed by atoms with Gasteiger partial charge < -0.3 is 4.74 Å². The summed E-state index contributed by atoms with van der Waals surface area (Å²) in [6.45, 7) is 14.2. The first kappa shape index (κ1) is 22.4. The van der Waals surface area contributed by atoms with Gasteiger partial charge >= 0.3 is 6.47 Å². The Morgan fingerprint density at radius 3 is 2.60 bits per heavy atom. The van der Waals surface area contributed by atoms with Crippen LogP contribution in [0.25, 0.3) is 0 Å². The van der Waals surface area contributed by atoms with Gasteiger partial charge in [-0.25, -0.2) is 4.79 Å². The van der Waals surface area contributed by atoms with E-state index in [4.69, 9.17) is 4.74 Å². The normalized spacial score (nSPS) is 43.9. The molecule has 30 heavy (non-hydrogen) atoms. The fraction of sp³-hybridized carbons (Fsp3) is 0.893. The van der Waals surface area contributed by atoms with E-state index in [2.05, 4.69) is 40.7 Å². The van der Waals surface area contributed by atoms with E-state index in [1.807, 2.05) is 0 Å². The summed E-state index contributed by atoms with van der Waals surface area (Å²) in [4.78, 5) is 10.7. The molecular formula is C28H45O2. The molecule has 2 heteroatoms. The Morgan fingerprint density at radius 2 is 1.87 bits per heavy atom. The molecule has 0 aromatic heterocycles. The predicted molar refractivity (Wildman–Crippen MR) is 124 cm³/mol. The van der Waals surface area contributed by atoms with Gasteiger partial charge in [0.2, 0.25) is 0 Å². The highest BCUT2D eigenvalue weighted by atomic mass is 16.5. The topological polar surface area (TPSA) is 26.3 Å². The Morgan fingerprint density at radius 1 is 1.07 bits per heavy atom. The summed E-state index contributed by atoms with van der Waals surface area (Å²) in [7, 11) is 0. The second-order valence-corrected chi connectivity index (χ2v) is 12.4. The maximum absolute atomic E-state index is 10.7. The maximum Gasteiger partial charge on any atom is 0.417 e. The molecule has 8 atom stereocenters. The highest BCUT2D eigenvalue weighted by Gasteiger charge is 2.59. The molecule has 3 fully saturated rings. The summed E-state index contributed by atoms with van der Waals surface area (Å²) in [6, 6.07) is 0. The number of allylic oxidation sites excluding steroid dienone is 1. The molecule has 0 amide bonds. The fourth-order valence-corrected chi connectivity index (χ4v) is 8.82. The van der Waals surface area contributed by atoms with Crippen molar-refractivity contribution < 1.29 is 9.53 Å². The largest absolute Gasteiger partial charge is 0.454 e. The minimum atomic E-state index is 0.0646. The summed E-state index contributed by atoms with van der Waals surface area (Å²) in [5.41, 5.74) is 2.50. The third-order valence-corrected chi connectivity index (χ3v) is 10.5. The molecule has 0 aromatic carbocycles. The van der Waals surface area contributed by atoms with E-state index >= 15 is 0 Å². The van der Waals surface area contributed by atoms with Crippen LogP contribution in [0.1, 0.15) is 105 Å². The zero-order valence-electron chi connectivity index (χ0n) is 20.2. The van der Waals surface area contributed by atoms with E-state index in [1.165, 1.54) is 57.8 Å². The second kappa shape index (κ2) is 8.62. The number of fused-ring (bicyclic) bond motifs is 5. The van der Waals surface area contributed by atoms with Crippen molar-refractivity contribution in [2.24, 2.45) is 46.3 Å². The fourth-order valence-electron chi connectivity index (χ4n) is 8.82. The van der Waals surface area contributed by atoms with Crippen molar-refractivity contribution in [3.8, 4) is 0 Å². The van der Waals surface area contributed by atoms with E-state index < -0.39 is 0 Å². The molecule has 0 bridgehead atoms. The molecule has 0 spiro atoms. The van der Waals surface area contributed by atoms with Gasteiger partial charge in [-0.15, -0.1) is 0 Å². The standard InChI is InChI=1S/C28H45O2/c1-19(2)7-6-8-20(3)24-11-12-25-23-10-9-21-17-22(30-18-29)13-15-27(21,4)26(23)14-16-28(24,25)5/h9,19-20,22-26H,6-8,10-17H2,1-5H3/t20-,22+,23+,24-,25+,26+,27+,28-/m1/s1. The second-order valence-electron chi connectivity index (χ2n) is 12.4. The average Bonchev–Trinajstić information content (AvgIpc) is 3.05. The van der Waals surface area contributed by atoms with Gasteiger partial charge in [-0.2, -0.15) is 0 Å².